The zero-order valence-corrected chi connectivity index (χ0v) is 14.7. The highest BCUT2D eigenvalue weighted by Gasteiger charge is 2.33. The van der Waals surface area contributed by atoms with Gasteiger partial charge in [-0.15, -0.1) is 0 Å². The molecule has 1 aliphatic rings. The summed E-state index contributed by atoms with van der Waals surface area (Å²) in [5.41, 5.74) is 14.2. The Morgan fingerprint density at radius 3 is 1.50 bits per heavy atom. The molecule has 0 radical (unpaired) electrons. The maximum absolute atomic E-state index is 13.1. The number of hydrogen-bond acceptors (Lipinski definition) is 6. The van der Waals surface area contributed by atoms with E-state index in [4.69, 9.17) is 11.5 Å². The first-order chi connectivity index (χ1) is 12.7. The molecule has 0 heterocycles. The number of benzene rings is 2. The van der Waals surface area contributed by atoms with E-state index in [0.29, 0.717) is 59.8 Å². The van der Waals surface area contributed by atoms with Crippen LogP contribution < -0.4 is 22.1 Å². The molecule has 0 fully saturated rings. The Morgan fingerprint density at radius 1 is 0.692 bits per heavy atom. The van der Waals surface area contributed by atoms with Crippen molar-refractivity contribution >= 4 is 22.9 Å². The van der Waals surface area contributed by atoms with Gasteiger partial charge in [-0.3, -0.25) is 9.59 Å². The van der Waals surface area contributed by atoms with Gasteiger partial charge < -0.3 is 22.1 Å². The minimum Gasteiger partial charge on any atom is -0.384 e. The highest BCUT2D eigenvalue weighted by Crippen LogP contribution is 2.35. The Morgan fingerprint density at radius 2 is 1.12 bits per heavy atom. The molecular weight excluding hydrogens is 328 g/mol. The third-order valence-corrected chi connectivity index (χ3v) is 4.46. The van der Waals surface area contributed by atoms with Crippen LogP contribution in [0.1, 0.15) is 44.7 Å². The summed E-state index contributed by atoms with van der Waals surface area (Å²) in [4.78, 5) is 26.2. The molecule has 0 bridgehead atoms. The Labute approximate surface area is 153 Å². The molecule has 0 spiro atoms. The predicted octanol–water partition coefficient (Wildman–Crippen LogP) is 1.98. The molecule has 6 heteroatoms. The smallest absolute Gasteiger partial charge is 0.196 e. The lowest BCUT2D eigenvalue weighted by molar-refractivity contribution is 0.0980. The molecule has 0 saturated carbocycles. The molecule has 2 aromatic carbocycles. The largest absolute Gasteiger partial charge is 0.384 e. The number of rotatable bonds is 8. The third kappa shape index (κ3) is 3.34. The van der Waals surface area contributed by atoms with Crippen molar-refractivity contribution in [2.45, 2.75) is 12.8 Å². The summed E-state index contributed by atoms with van der Waals surface area (Å²) in [5, 5.41) is 6.46. The molecule has 6 N–H and O–H groups in total. The second kappa shape index (κ2) is 8.12. The molecule has 0 aliphatic heterocycles. The van der Waals surface area contributed by atoms with Crippen molar-refractivity contribution in [2.24, 2.45) is 11.5 Å². The fraction of sp³-hybridized carbons (Fsp3) is 0.300. The number of nitrogens with two attached hydrogens (primary N) is 2. The molecule has 1 aliphatic carbocycles. The van der Waals surface area contributed by atoms with Crippen LogP contribution in [0.4, 0.5) is 11.4 Å². The van der Waals surface area contributed by atoms with E-state index in [-0.39, 0.29) is 11.6 Å². The third-order valence-electron chi connectivity index (χ3n) is 4.46. The van der Waals surface area contributed by atoms with Gasteiger partial charge in [0.15, 0.2) is 11.6 Å². The van der Waals surface area contributed by atoms with E-state index in [0.717, 1.165) is 12.8 Å². The van der Waals surface area contributed by atoms with Crippen LogP contribution in [0.5, 0.6) is 0 Å². The van der Waals surface area contributed by atoms with Crippen molar-refractivity contribution in [1.29, 1.82) is 0 Å². The van der Waals surface area contributed by atoms with E-state index in [1.807, 2.05) is 12.1 Å². The zero-order valence-electron chi connectivity index (χ0n) is 14.7. The van der Waals surface area contributed by atoms with Gasteiger partial charge in [0.25, 0.3) is 0 Å². The Balaban J connectivity index is 2.00. The van der Waals surface area contributed by atoms with Crippen molar-refractivity contribution < 1.29 is 9.59 Å². The fourth-order valence-corrected chi connectivity index (χ4v) is 3.19. The van der Waals surface area contributed by atoms with Gasteiger partial charge in [-0.25, -0.2) is 0 Å². The number of fused-ring (bicyclic) bond motifs is 2. The standard InChI is InChI=1S/C20H24N4O2/c21-9-3-11-23-15-7-1-5-13-17(15)20(26)14-6-2-8-16(18(14)19(13)25)24-12-4-10-22/h1-2,5-8,23-24H,3-4,9-12,21-22H2. The predicted molar refractivity (Wildman–Crippen MR) is 104 cm³/mol. The van der Waals surface area contributed by atoms with Crippen LogP contribution in [0.25, 0.3) is 0 Å². The number of anilines is 2. The lowest BCUT2D eigenvalue weighted by Crippen LogP contribution is -2.24. The molecule has 136 valence electrons. The molecule has 0 amide bonds. The molecule has 0 atom stereocenters. The van der Waals surface area contributed by atoms with E-state index < -0.39 is 0 Å². The van der Waals surface area contributed by atoms with Crippen molar-refractivity contribution in [3.63, 3.8) is 0 Å². The SMILES string of the molecule is NCCCNc1cccc2c1C(=O)c1cccc(NCCCN)c1C2=O. The maximum Gasteiger partial charge on any atom is 0.196 e. The van der Waals surface area contributed by atoms with Gasteiger partial charge >= 0.3 is 0 Å². The lowest BCUT2D eigenvalue weighted by Gasteiger charge is -2.23. The topological polar surface area (TPSA) is 110 Å². The van der Waals surface area contributed by atoms with Crippen LogP contribution >= 0.6 is 0 Å². The second-order valence-corrected chi connectivity index (χ2v) is 6.25. The summed E-state index contributed by atoms with van der Waals surface area (Å²) in [6, 6.07) is 10.7. The summed E-state index contributed by atoms with van der Waals surface area (Å²) in [6.45, 7) is 2.44. The first kappa shape index (κ1) is 18.1. The minimum atomic E-state index is -0.132. The number of carbonyl (C=O) groups is 2. The zero-order chi connectivity index (χ0) is 18.5. The average molecular weight is 352 g/mol. The maximum atomic E-state index is 13.1. The number of carbonyl (C=O) groups excluding carboxylic acids is 2. The van der Waals surface area contributed by atoms with Gasteiger partial charge in [0.05, 0.1) is 11.1 Å². The summed E-state index contributed by atoms with van der Waals surface area (Å²) in [7, 11) is 0. The Hall–Kier alpha value is -2.70. The van der Waals surface area contributed by atoms with Gasteiger partial charge in [-0.1, -0.05) is 24.3 Å². The highest BCUT2D eigenvalue weighted by molar-refractivity contribution is 6.31. The number of hydrogen-bond donors (Lipinski definition) is 4. The highest BCUT2D eigenvalue weighted by atomic mass is 16.1. The quantitative estimate of drug-likeness (QED) is 0.462. The van der Waals surface area contributed by atoms with E-state index in [1.165, 1.54) is 0 Å². The molecular formula is C20H24N4O2. The monoisotopic (exact) mass is 352 g/mol. The molecule has 0 saturated heterocycles. The molecule has 6 nitrogen and oxygen atoms in total. The number of nitrogens with one attached hydrogen (secondary N) is 2. The normalized spacial score (nSPS) is 12.5. The summed E-state index contributed by atoms with van der Waals surface area (Å²) in [5.74, 6) is -0.263. The molecule has 0 aromatic heterocycles. The average Bonchev–Trinajstić information content (AvgIpc) is 2.66. The van der Waals surface area contributed by atoms with Crippen molar-refractivity contribution in [3.05, 3.63) is 58.7 Å². The van der Waals surface area contributed by atoms with Gasteiger partial charge in [-0.05, 0) is 38.1 Å². The fourth-order valence-electron chi connectivity index (χ4n) is 3.19. The van der Waals surface area contributed by atoms with Crippen LogP contribution in [-0.4, -0.2) is 37.7 Å². The molecule has 0 unspecified atom stereocenters. The summed E-state index contributed by atoms with van der Waals surface area (Å²) >= 11 is 0. The molecule has 26 heavy (non-hydrogen) atoms. The van der Waals surface area contributed by atoms with Crippen LogP contribution in [0.15, 0.2) is 36.4 Å². The summed E-state index contributed by atoms with van der Waals surface area (Å²) in [6.07, 6.45) is 1.58. The first-order valence-electron chi connectivity index (χ1n) is 8.92. The van der Waals surface area contributed by atoms with E-state index in [2.05, 4.69) is 10.6 Å². The minimum absolute atomic E-state index is 0.132. The van der Waals surface area contributed by atoms with Crippen LogP contribution in [-0.2, 0) is 0 Å². The van der Waals surface area contributed by atoms with Gasteiger partial charge in [0, 0.05) is 35.6 Å². The van der Waals surface area contributed by atoms with Gasteiger partial charge in [0.2, 0.25) is 0 Å². The van der Waals surface area contributed by atoms with Gasteiger partial charge in [0.1, 0.15) is 0 Å². The first-order valence-corrected chi connectivity index (χ1v) is 8.92. The second-order valence-electron chi connectivity index (χ2n) is 6.25. The number of ketones is 2. The van der Waals surface area contributed by atoms with Crippen LogP contribution in [0, 0.1) is 0 Å². The Bertz CT molecular complexity index is 763. The Kier molecular flexibility index (Phi) is 5.65. The van der Waals surface area contributed by atoms with E-state index >= 15 is 0 Å². The van der Waals surface area contributed by atoms with Crippen LogP contribution in [0.3, 0.4) is 0 Å². The molecule has 2 aromatic rings. The van der Waals surface area contributed by atoms with Crippen molar-refractivity contribution in [3.8, 4) is 0 Å². The summed E-state index contributed by atoms with van der Waals surface area (Å²) < 4.78 is 0. The lowest BCUT2D eigenvalue weighted by atomic mass is 9.82. The van der Waals surface area contributed by atoms with Crippen LogP contribution in [0.2, 0.25) is 0 Å². The van der Waals surface area contributed by atoms with E-state index in [9.17, 15) is 9.59 Å². The van der Waals surface area contributed by atoms with Crippen molar-refractivity contribution in [1.82, 2.24) is 0 Å². The van der Waals surface area contributed by atoms with E-state index in [1.54, 1.807) is 24.3 Å². The van der Waals surface area contributed by atoms with Gasteiger partial charge in [-0.2, -0.15) is 0 Å². The van der Waals surface area contributed by atoms with Crippen molar-refractivity contribution in [2.75, 3.05) is 36.8 Å². The molecule has 3 rings (SSSR count).